The van der Waals surface area contributed by atoms with Crippen molar-refractivity contribution in [2.45, 2.75) is 40.3 Å². The van der Waals surface area contributed by atoms with Gasteiger partial charge in [-0.15, -0.1) is 5.10 Å². The second-order valence-corrected chi connectivity index (χ2v) is 5.85. The van der Waals surface area contributed by atoms with E-state index in [1.807, 2.05) is 45.9 Å². The molecule has 8 heteroatoms. The molecule has 0 N–H and O–H groups in total. The van der Waals surface area contributed by atoms with E-state index < -0.39 is 0 Å². The van der Waals surface area contributed by atoms with Gasteiger partial charge in [-0.1, -0.05) is 12.1 Å². The molecule has 2 aromatic heterocycles. The van der Waals surface area contributed by atoms with E-state index >= 15 is 0 Å². The van der Waals surface area contributed by atoms with Crippen LogP contribution in [-0.2, 0) is 6.54 Å². The number of tetrazole rings is 1. The molecular formula is C15H19N7O. The maximum atomic E-state index is 12.2. The van der Waals surface area contributed by atoms with Gasteiger partial charge in [-0.3, -0.25) is 0 Å². The Kier molecular flexibility index (Phi) is 3.81. The summed E-state index contributed by atoms with van der Waals surface area (Å²) in [5.74, 6) is 0.620. The van der Waals surface area contributed by atoms with Crippen LogP contribution in [0.5, 0.6) is 0 Å². The van der Waals surface area contributed by atoms with Crippen LogP contribution in [0.25, 0.3) is 5.69 Å². The van der Waals surface area contributed by atoms with E-state index in [0.717, 1.165) is 16.8 Å². The molecule has 0 aliphatic carbocycles. The van der Waals surface area contributed by atoms with E-state index in [-0.39, 0.29) is 18.3 Å². The molecular weight excluding hydrogens is 294 g/mol. The Hall–Kier alpha value is -2.77. The Morgan fingerprint density at radius 3 is 2.74 bits per heavy atom. The summed E-state index contributed by atoms with van der Waals surface area (Å²) in [5, 5.41) is 11.7. The minimum absolute atomic E-state index is 0.118. The number of hydrogen-bond donors (Lipinski definition) is 0. The molecule has 1 aromatic carbocycles. The maximum Gasteiger partial charge on any atom is 0.364 e. The zero-order valence-corrected chi connectivity index (χ0v) is 13.6. The van der Waals surface area contributed by atoms with Crippen molar-refractivity contribution in [3.63, 3.8) is 0 Å². The van der Waals surface area contributed by atoms with Gasteiger partial charge in [0.05, 0.1) is 11.7 Å². The molecule has 0 saturated heterocycles. The van der Waals surface area contributed by atoms with Crippen molar-refractivity contribution in [2.24, 2.45) is 0 Å². The molecule has 2 heterocycles. The Labute approximate surface area is 133 Å². The summed E-state index contributed by atoms with van der Waals surface area (Å²) in [5.41, 5.74) is 2.77. The minimum Gasteiger partial charge on any atom is -0.244 e. The fourth-order valence-electron chi connectivity index (χ4n) is 2.48. The number of benzene rings is 1. The van der Waals surface area contributed by atoms with Gasteiger partial charge in [0.2, 0.25) is 0 Å². The highest BCUT2D eigenvalue weighted by Gasteiger charge is 2.15. The number of rotatable bonds is 4. The van der Waals surface area contributed by atoms with Gasteiger partial charge >= 0.3 is 5.69 Å². The van der Waals surface area contributed by atoms with E-state index in [2.05, 4.69) is 20.5 Å². The highest BCUT2D eigenvalue weighted by atomic mass is 16.2. The molecule has 0 atom stereocenters. The van der Waals surface area contributed by atoms with Crippen LogP contribution in [-0.4, -0.2) is 34.6 Å². The first-order valence-electron chi connectivity index (χ1n) is 7.46. The first-order valence-corrected chi connectivity index (χ1v) is 7.46. The first-order chi connectivity index (χ1) is 11.0. The largest absolute Gasteiger partial charge is 0.364 e. The Bertz CT molecular complexity index is 887. The number of hydrogen-bond acceptors (Lipinski definition) is 5. The highest BCUT2D eigenvalue weighted by molar-refractivity contribution is 5.42. The molecule has 0 aliphatic heterocycles. The maximum absolute atomic E-state index is 12.2. The molecule has 0 bridgehead atoms. The molecule has 0 unspecified atom stereocenters. The van der Waals surface area contributed by atoms with Gasteiger partial charge in [-0.25, -0.2) is 18.8 Å². The molecule has 120 valence electrons. The van der Waals surface area contributed by atoms with Crippen LogP contribution >= 0.6 is 0 Å². The lowest BCUT2D eigenvalue weighted by molar-refractivity contribution is 0.467. The van der Waals surface area contributed by atoms with E-state index in [4.69, 9.17) is 0 Å². The van der Waals surface area contributed by atoms with Crippen molar-refractivity contribution in [1.82, 2.24) is 34.6 Å². The molecule has 0 spiro atoms. The number of nitrogens with zero attached hydrogens (tertiary/aromatic N) is 7. The van der Waals surface area contributed by atoms with Gasteiger partial charge in [-0.05, 0) is 55.3 Å². The molecule has 0 saturated carbocycles. The average Bonchev–Trinajstić information content (AvgIpc) is 3.10. The minimum atomic E-state index is -0.329. The van der Waals surface area contributed by atoms with Crippen molar-refractivity contribution in [2.75, 3.05) is 0 Å². The predicted molar refractivity (Wildman–Crippen MR) is 84.6 cm³/mol. The third kappa shape index (κ3) is 2.79. The second-order valence-electron chi connectivity index (χ2n) is 5.85. The fraction of sp³-hybridized carbons (Fsp3) is 0.400. The van der Waals surface area contributed by atoms with Crippen molar-refractivity contribution >= 4 is 0 Å². The van der Waals surface area contributed by atoms with Gasteiger partial charge in [0, 0.05) is 0 Å². The highest BCUT2D eigenvalue weighted by Crippen LogP contribution is 2.15. The van der Waals surface area contributed by atoms with Crippen molar-refractivity contribution in [3.8, 4) is 5.69 Å². The van der Waals surface area contributed by atoms with Gasteiger partial charge in [0.1, 0.15) is 12.9 Å². The topological polar surface area (TPSA) is 83.4 Å². The van der Waals surface area contributed by atoms with Crippen molar-refractivity contribution in [1.29, 1.82) is 0 Å². The lowest BCUT2D eigenvalue weighted by Crippen LogP contribution is -2.26. The van der Waals surface area contributed by atoms with Crippen LogP contribution in [0.15, 0.2) is 29.3 Å². The molecule has 23 heavy (non-hydrogen) atoms. The van der Waals surface area contributed by atoms with Crippen LogP contribution in [0.4, 0.5) is 0 Å². The third-order valence-electron chi connectivity index (χ3n) is 3.71. The standard InChI is InChI=1S/C15H19N7O/c1-10(2)22-14(17-18-19-22)8-20-15(23)16-9-21(20)13-7-11(3)5-6-12(13)4/h5-7,9-10H,8H2,1-4H3. The summed E-state index contributed by atoms with van der Waals surface area (Å²) >= 11 is 0. The molecule has 8 nitrogen and oxygen atoms in total. The summed E-state index contributed by atoms with van der Waals surface area (Å²) in [6.07, 6.45) is 1.54. The van der Waals surface area contributed by atoms with E-state index in [1.54, 1.807) is 9.36 Å². The molecule has 3 aromatic rings. The first kappa shape index (κ1) is 15.1. The van der Waals surface area contributed by atoms with E-state index in [9.17, 15) is 4.79 Å². The summed E-state index contributed by atoms with van der Waals surface area (Å²) in [4.78, 5) is 16.1. The normalized spacial score (nSPS) is 11.3. The summed E-state index contributed by atoms with van der Waals surface area (Å²) < 4.78 is 4.99. The van der Waals surface area contributed by atoms with Gasteiger partial charge in [0.15, 0.2) is 5.82 Å². The third-order valence-corrected chi connectivity index (χ3v) is 3.71. The van der Waals surface area contributed by atoms with E-state index in [1.165, 1.54) is 11.0 Å². The quantitative estimate of drug-likeness (QED) is 0.724. The Morgan fingerprint density at radius 2 is 2.00 bits per heavy atom. The monoisotopic (exact) mass is 313 g/mol. The molecule has 0 radical (unpaired) electrons. The Balaban J connectivity index is 2.08. The molecule has 0 fully saturated rings. The number of aromatic nitrogens is 7. The van der Waals surface area contributed by atoms with Crippen LogP contribution in [0.1, 0.15) is 36.8 Å². The van der Waals surface area contributed by atoms with Crippen molar-refractivity contribution in [3.05, 3.63) is 52.0 Å². The van der Waals surface area contributed by atoms with Gasteiger partial charge in [0.25, 0.3) is 0 Å². The van der Waals surface area contributed by atoms with Gasteiger partial charge < -0.3 is 0 Å². The lowest BCUT2D eigenvalue weighted by atomic mass is 10.1. The molecule has 0 amide bonds. The van der Waals surface area contributed by atoms with E-state index in [0.29, 0.717) is 5.82 Å². The molecule has 3 rings (SSSR count). The zero-order valence-electron chi connectivity index (χ0n) is 13.6. The lowest BCUT2D eigenvalue weighted by Gasteiger charge is -2.14. The molecule has 0 aliphatic rings. The van der Waals surface area contributed by atoms with Crippen LogP contribution < -0.4 is 5.69 Å². The Morgan fingerprint density at radius 1 is 1.22 bits per heavy atom. The van der Waals surface area contributed by atoms with Crippen LogP contribution in [0.3, 0.4) is 0 Å². The predicted octanol–water partition coefficient (Wildman–Crippen LogP) is 1.27. The summed E-state index contributed by atoms with van der Waals surface area (Å²) in [7, 11) is 0. The summed E-state index contributed by atoms with van der Waals surface area (Å²) in [6.45, 7) is 8.26. The van der Waals surface area contributed by atoms with Crippen LogP contribution in [0, 0.1) is 13.8 Å². The van der Waals surface area contributed by atoms with Crippen LogP contribution in [0.2, 0.25) is 0 Å². The van der Waals surface area contributed by atoms with Crippen molar-refractivity contribution < 1.29 is 0 Å². The second kappa shape index (κ2) is 5.79. The zero-order chi connectivity index (χ0) is 16.6. The average molecular weight is 313 g/mol. The van der Waals surface area contributed by atoms with Gasteiger partial charge in [-0.2, -0.15) is 4.98 Å². The number of aryl methyl sites for hydroxylation is 2. The smallest absolute Gasteiger partial charge is 0.244 e. The summed E-state index contributed by atoms with van der Waals surface area (Å²) in [6, 6.07) is 6.21. The SMILES string of the molecule is Cc1ccc(C)c(-n2cnc(=O)n2Cc2nnnn2C(C)C)c1. The fourth-order valence-corrected chi connectivity index (χ4v) is 2.48.